The second-order valence-corrected chi connectivity index (χ2v) is 4.49. The molecule has 0 aliphatic heterocycles. The number of aromatic carboxylic acids is 1. The molecule has 0 radical (unpaired) electrons. The molecule has 0 saturated carbocycles. The van der Waals surface area contributed by atoms with Crippen LogP contribution in [-0.4, -0.2) is 17.0 Å². The van der Waals surface area contributed by atoms with Crippen molar-refractivity contribution in [3.05, 3.63) is 65.9 Å². The average Bonchev–Trinajstić information content (AvgIpc) is 2.91. The molecule has 1 amide bonds. The van der Waals surface area contributed by atoms with E-state index in [1.165, 1.54) is 12.1 Å². The second-order valence-electron chi connectivity index (χ2n) is 4.49. The Bertz CT molecular complexity index is 802. The summed E-state index contributed by atoms with van der Waals surface area (Å²) in [6, 6.07) is 15.0. The van der Waals surface area contributed by atoms with Crippen LogP contribution in [0.1, 0.15) is 20.9 Å². The number of carbonyl (C=O) groups excluding carboxylic acids is 1. The number of furan rings is 1. The van der Waals surface area contributed by atoms with Crippen molar-refractivity contribution in [3.63, 3.8) is 0 Å². The standard InChI is InChI=1S/C16H11NO4/c18-15(14-9-10-4-1-2-7-13(10)21-14)17-12-6-3-5-11(8-12)16(19)20/h1-9H,(H,17,18)(H,19,20). The number of amides is 1. The van der Waals surface area contributed by atoms with Gasteiger partial charge in [0.25, 0.3) is 5.91 Å². The zero-order valence-electron chi connectivity index (χ0n) is 10.9. The molecule has 21 heavy (non-hydrogen) atoms. The van der Waals surface area contributed by atoms with Crippen LogP contribution in [0.3, 0.4) is 0 Å². The summed E-state index contributed by atoms with van der Waals surface area (Å²) in [5.74, 6) is -1.29. The molecule has 1 heterocycles. The predicted molar refractivity (Wildman–Crippen MR) is 77.6 cm³/mol. The van der Waals surface area contributed by atoms with Gasteiger partial charge in [-0.25, -0.2) is 4.79 Å². The molecule has 0 unspecified atom stereocenters. The first kappa shape index (κ1) is 12.9. The number of benzene rings is 2. The lowest BCUT2D eigenvalue weighted by Gasteiger charge is -2.03. The normalized spacial score (nSPS) is 10.5. The zero-order chi connectivity index (χ0) is 14.8. The first-order valence-electron chi connectivity index (χ1n) is 6.27. The Balaban J connectivity index is 1.85. The van der Waals surface area contributed by atoms with E-state index in [0.29, 0.717) is 11.3 Å². The molecule has 3 rings (SSSR count). The number of para-hydroxylation sites is 1. The fraction of sp³-hybridized carbons (Fsp3) is 0. The lowest BCUT2D eigenvalue weighted by Crippen LogP contribution is -2.11. The molecule has 0 atom stereocenters. The summed E-state index contributed by atoms with van der Waals surface area (Å²) in [5.41, 5.74) is 1.14. The number of carbonyl (C=O) groups is 2. The summed E-state index contributed by atoms with van der Waals surface area (Å²) in [5, 5.41) is 12.4. The van der Waals surface area contributed by atoms with Crippen molar-refractivity contribution < 1.29 is 19.1 Å². The van der Waals surface area contributed by atoms with E-state index in [9.17, 15) is 9.59 Å². The summed E-state index contributed by atoms with van der Waals surface area (Å²) in [7, 11) is 0. The number of fused-ring (bicyclic) bond motifs is 1. The molecule has 0 saturated heterocycles. The number of carboxylic acid groups (broad SMARTS) is 1. The number of hydrogen-bond acceptors (Lipinski definition) is 3. The van der Waals surface area contributed by atoms with Crippen LogP contribution in [0.2, 0.25) is 0 Å². The number of nitrogens with one attached hydrogen (secondary N) is 1. The molecule has 1 aromatic heterocycles. The van der Waals surface area contributed by atoms with Crippen molar-refractivity contribution in [2.75, 3.05) is 5.32 Å². The molecule has 5 nitrogen and oxygen atoms in total. The van der Waals surface area contributed by atoms with Crippen LogP contribution in [0, 0.1) is 0 Å². The van der Waals surface area contributed by atoms with Gasteiger partial charge in [0, 0.05) is 11.1 Å². The maximum absolute atomic E-state index is 12.1. The van der Waals surface area contributed by atoms with Crippen LogP contribution in [0.4, 0.5) is 5.69 Å². The molecule has 0 fully saturated rings. The van der Waals surface area contributed by atoms with Crippen LogP contribution in [0.25, 0.3) is 11.0 Å². The Hall–Kier alpha value is -3.08. The minimum atomic E-state index is -1.05. The number of anilines is 1. The van der Waals surface area contributed by atoms with Gasteiger partial charge in [0.15, 0.2) is 5.76 Å². The van der Waals surface area contributed by atoms with Gasteiger partial charge in [-0.05, 0) is 30.3 Å². The highest BCUT2D eigenvalue weighted by Gasteiger charge is 2.13. The van der Waals surface area contributed by atoms with Crippen LogP contribution >= 0.6 is 0 Å². The van der Waals surface area contributed by atoms with Crippen molar-refractivity contribution in [2.24, 2.45) is 0 Å². The van der Waals surface area contributed by atoms with Crippen molar-refractivity contribution in [3.8, 4) is 0 Å². The average molecular weight is 281 g/mol. The third-order valence-corrected chi connectivity index (χ3v) is 3.02. The molecule has 3 aromatic rings. The molecule has 2 N–H and O–H groups in total. The smallest absolute Gasteiger partial charge is 0.335 e. The highest BCUT2D eigenvalue weighted by atomic mass is 16.4. The van der Waals surface area contributed by atoms with Crippen molar-refractivity contribution in [1.29, 1.82) is 0 Å². The van der Waals surface area contributed by atoms with Gasteiger partial charge in [-0.3, -0.25) is 4.79 Å². The monoisotopic (exact) mass is 281 g/mol. The minimum absolute atomic E-state index is 0.109. The number of carboxylic acids is 1. The first-order valence-corrected chi connectivity index (χ1v) is 6.27. The molecule has 0 spiro atoms. The van der Waals surface area contributed by atoms with Crippen LogP contribution in [0.5, 0.6) is 0 Å². The first-order chi connectivity index (χ1) is 10.1. The molecular formula is C16H11NO4. The summed E-state index contributed by atoms with van der Waals surface area (Å²) in [4.78, 5) is 23.0. The maximum atomic E-state index is 12.1. The van der Waals surface area contributed by atoms with E-state index in [-0.39, 0.29) is 11.3 Å². The third kappa shape index (κ3) is 2.62. The Kier molecular flexibility index (Phi) is 3.16. The molecule has 104 valence electrons. The maximum Gasteiger partial charge on any atom is 0.335 e. The van der Waals surface area contributed by atoms with E-state index < -0.39 is 11.9 Å². The SMILES string of the molecule is O=C(O)c1cccc(NC(=O)c2cc3ccccc3o2)c1. The van der Waals surface area contributed by atoms with Crippen molar-refractivity contribution in [1.82, 2.24) is 0 Å². The zero-order valence-corrected chi connectivity index (χ0v) is 10.9. The lowest BCUT2D eigenvalue weighted by molar-refractivity contribution is 0.0696. The topological polar surface area (TPSA) is 79.5 Å². The van der Waals surface area contributed by atoms with E-state index in [4.69, 9.17) is 9.52 Å². The summed E-state index contributed by atoms with van der Waals surface area (Å²) in [6.45, 7) is 0. The van der Waals surface area contributed by atoms with E-state index in [1.54, 1.807) is 24.3 Å². The predicted octanol–water partition coefficient (Wildman–Crippen LogP) is 3.38. The third-order valence-electron chi connectivity index (χ3n) is 3.02. The fourth-order valence-electron chi connectivity index (χ4n) is 2.02. The summed E-state index contributed by atoms with van der Waals surface area (Å²) >= 11 is 0. The van der Waals surface area contributed by atoms with Gasteiger partial charge in [0.2, 0.25) is 0 Å². The quantitative estimate of drug-likeness (QED) is 0.771. The molecule has 0 aliphatic carbocycles. The van der Waals surface area contributed by atoms with E-state index >= 15 is 0 Å². The fourth-order valence-corrected chi connectivity index (χ4v) is 2.02. The Morgan fingerprint density at radius 3 is 2.57 bits per heavy atom. The number of hydrogen-bond donors (Lipinski definition) is 2. The van der Waals surface area contributed by atoms with Gasteiger partial charge in [-0.1, -0.05) is 24.3 Å². The van der Waals surface area contributed by atoms with Crippen molar-refractivity contribution in [2.45, 2.75) is 0 Å². The second kappa shape index (κ2) is 5.13. The van der Waals surface area contributed by atoms with Gasteiger partial charge >= 0.3 is 5.97 Å². The molecular weight excluding hydrogens is 270 g/mol. The van der Waals surface area contributed by atoms with Crippen LogP contribution in [-0.2, 0) is 0 Å². The van der Waals surface area contributed by atoms with E-state index in [1.807, 2.05) is 18.2 Å². The highest BCUT2D eigenvalue weighted by molar-refractivity contribution is 6.05. The number of rotatable bonds is 3. The highest BCUT2D eigenvalue weighted by Crippen LogP contribution is 2.20. The van der Waals surface area contributed by atoms with Crippen LogP contribution in [0.15, 0.2) is 59.0 Å². The molecule has 0 bridgehead atoms. The van der Waals surface area contributed by atoms with E-state index in [0.717, 1.165) is 5.39 Å². The van der Waals surface area contributed by atoms with Crippen molar-refractivity contribution >= 4 is 28.5 Å². The Morgan fingerprint density at radius 2 is 1.81 bits per heavy atom. The molecule has 0 aliphatic rings. The Labute approximate surface area is 119 Å². The van der Waals surface area contributed by atoms with Gasteiger partial charge in [0.05, 0.1) is 5.56 Å². The summed E-state index contributed by atoms with van der Waals surface area (Å²) < 4.78 is 5.45. The van der Waals surface area contributed by atoms with Gasteiger partial charge in [-0.2, -0.15) is 0 Å². The minimum Gasteiger partial charge on any atom is -0.478 e. The molecule has 2 aromatic carbocycles. The van der Waals surface area contributed by atoms with E-state index in [2.05, 4.69) is 5.32 Å². The Morgan fingerprint density at radius 1 is 1.00 bits per heavy atom. The van der Waals surface area contributed by atoms with Gasteiger partial charge in [0.1, 0.15) is 5.58 Å². The lowest BCUT2D eigenvalue weighted by atomic mass is 10.2. The van der Waals surface area contributed by atoms with Gasteiger partial charge in [-0.15, -0.1) is 0 Å². The van der Waals surface area contributed by atoms with Gasteiger partial charge < -0.3 is 14.8 Å². The molecule has 5 heteroatoms. The summed E-state index contributed by atoms with van der Waals surface area (Å²) in [6.07, 6.45) is 0. The largest absolute Gasteiger partial charge is 0.478 e. The van der Waals surface area contributed by atoms with Crippen LogP contribution < -0.4 is 5.32 Å².